The van der Waals surface area contributed by atoms with Crippen LogP contribution >= 0.6 is 0 Å². The van der Waals surface area contributed by atoms with E-state index < -0.39 is 0 Å². The number of pyridine rings is 1. The highest BCUT2D eigenvalue weighted by molar-refractivity contribution is 5.97. The Balaban J connectivity index is 1.70. The van der Waals surface area contributed by atoms with E-state index in [1.165, 1.54) is 0 Å². The normalized spacial score (nSPS) is 11.5. The van der Waals surface area contributed by atoms with Crippen LogP contribution in [0.3, 0.4) is 0 Å². The van der Waals surface area contributed by atoms with Crippen LogP contribution in [0.25, 0.3) is 44.5 Å². The predicted molar refractivity (Wildman–Crippen MR) is 93.4 cm³/mol. The van der Waals surface area contributed by atoms with Crippen LogP contribution in [0.5, 0.6) is 0 Å². The minimum Gasteiger partial charge on any atom is -0.352 e. The summed E-state index contributed by atoms with van der Waals surface area (Å²) in [6.45, 7) is 0. The number of H-pyrrole nitrogens is 2. The summed E-state index contributed by atoms with van der Waals surface area (Å²) in [7, 11) is 1.92. The van der Waals surface area contributed by atoms with Crippen LogP contribution in [0.2, 0.25) is 0 Å². The lowest BCUT2D eigenvalue weighted by Gasteiger charge is -1.99. The average Bonchev–Trinajstić information content (AvgIpc) is 3.30. The number of benzene rings is 1. The fraction of sp³-hybridized carbons (Fsp3) is 0.0556. The molecule has 6 nitrogen and oxygen atoms in total. The molecule has 0 aliphatic heterocycles. The molecule has 0 spiro atoms. The molecule has 24 heavy (non-hydrogen) atoms. The van der Waals surface area contributed by atoms with E-state index in [1.54, 1.807) is 10.9 Å². The van der Waals surface area contributed by atoms with Crippen molar-refractivity contribution in [3.05, 3.63) is 55.0 Å². The maximum atomic E-state index is 4.50. The fourth-order valence-corrected chi connectivity index (χ4v) is 3.05. The molecule has 0 unspecified atom stereocenters. The summed E-state index contributed by atoms with van der Waals surface area (Å²) in [5.41, 5.74) is 7.01. The Labute approximate surface area is 137 Å². The lowest BCUT2D eigenvalue weighted by Crippen LogP contribution is -1.84. The molecule has 4 aromatic heterocycles. The van der Waals surface area contributed by atoms with E-state index in [0.717, 1.165) is 44.5 Å². The van der Waals surface area contributed by atoms with Gasteiger partial charge in [-0.2, -0.15) is 10.2 Å². The van der Waals surface area contributed by atoms with Gasteiger partial charge in [-0.25, -0.2) is 0 Å². The lowest BCUT2D eigenvalue weighted by atomic mass is 10.1. The first-order valence-corrected chi connectivity index (χ1v) is 7.69. The number of rotatable bonds is 2. The zero-order valence-electron chi connectivity index (χ0n) is 13.0. The van der Waals surface area contributed by atoms with Crippen molar-refractivity contribution in [2.45, 2.75) is 0 Å². The standard InChI is InChI=1S/C18H14N6/c1-24-10-12(9-20-24)11-4-5-14-13(7-11)18(23-22-14)17-8-16-15(21-17)3-2-6-19-16/h2-10,21H,1H3,(H,22,23). The van der Waals surface area contributed by atoms with Crippen molar-refractivity contribution in [2.75, 3.05) is 0 Å². The van der Waals surface area contributed by atoms with Crippen LogP contribution < -0.4 is 0 Å². The lowest BCUT2D eigenvalue weighted by molar-refractivity contribution is 0.768. The van der Waals surface area contributed by atoms with Gasteiger partial charge in [0.2, 0.25) is 0 Å². The van der Waals surface area contributed by atoms with Crippen molar-refractivity contribution in [3.8, 4) is 22.5 Å². The molecule has 0 saturated carbocycles. The Morgan fingerprint density at radius 1 is 1.04 bits per heavy atom. The first kappa shape index (κ1) is 13.1. The van der Waals surface area contributed by atoms with Crippen molar-refractivity contribution in [1.82, 2.24) is 29.9 Å². The maximum Gasteiger partial charge on any atom is 0.116 e. The highest BCUT2D eigenvalue weighted by atomic mass is 15.2. The number of nitrogens with one attached hydrogen (secondary N) is 2. The zero-order valence-corrected chi connectivity index (χ0v) is 13.0. The minimum atomic E-state index is 0.897. The summed E-state index contributed by atoms with van der Waals surface area (Å²) in [5, 5.41) is 12.9. The molecule has 2 N–H and O–H groups in total. The van der Waals surface area contributed by atoms with Crippen molar-refractivity contribution in [3.63, 3.8) is 0 Å². The SMILES string of the molecule is Cn1cc(-c2ccc3[nH]nc(-c4cc5ncccc5[nH]4)c3c2)cn1. The summed E-state index contributed by atoms with van der Waals surface area (Å²) < 4.78 is 1.80. The van der Waals surface area contributed by atoms with Crippen LogP contribution in [-0.4, -0.2) is 29.9 Å². The number of aromatic nitrogens is 6. The topological polar surface area (TPSA) is 75.2 Å². The molecule has 0 aliphatic carbocycles. The number of hydrogen-bond acceptors (Lipinski definition) is 3. The van der Waals surface area contributed by atoms with Crippen molar-refractivity contribution in [1.29, 1.82) is 0 Å². The first-order chi connectivity index (χ1) is 11.8. The van der Waals surface area contributed by atoms with Crippen LogP contribution in [-0.2, 0) is 7.05 Å². The molecule has 116 valence electrons. The Hall–Kier alpha value is -3.41. The molecule has 5 aromatic rings. The van der Waals surface area contributed by atoms with Gasteiger partial charge in [-0.3, -0.25) is 14.8 Å². The quantitative estimate of drug-likeness (QED) is 0.523. The molecule has 0 fully saturated rings. The van der Waals surface area contributed by atoms with Gasteiger partial charge in [0.15, 0.2) is 0 Å². The number of aryl methyl sites for hydroxylation is 1. The van der Waals surface area contributed by atoms with Gasteiger partial charge in [0, 0.05) is 30.4 Å². The first-order valence-electron chi connectivity index (χ1n) is 7.69. The fourth-order valence-electron chi connectivity index (χ4n) is 3.05. The molecular formula is C18H14N6. The second kappa shape index (κ2) is 4.79. The number of fused-ring (bicyclic) bond motifs is 2. The Morgan fingerprint density at radius 3 is 2.83 bits per heavy atom. The smallest absolute Gasteiger partial charge is 0.116 e. The van der Waals surface area contributed by atoms with E-state index in [0.29, 0.717) is 0 Å². The van der Waals surface area contributed by atoms with Gasteiger partial charge in [0.25, 0.3) is 0 Å². The highest BCUT2D eigenvalue weighted by Crippen LogP contribution is 2.31. The molecule has 0 bridgehead atoms. The largest absolute Gasteiger partial charge is 0.352 e. The van der Waals surface area contributed by atoms with Crippen LogP contribution in [0.15, 0.2) is 55.0 Å². The van der Waals surface area contributed by atoms with E-state index in [4.69, 9.17) is 0 Å². The Kier molecular flexibility index (Phi) is 2.61. The second-order valence-electron chi connectivity index (χ2n) is 5.85. The van der Waals surface area contributed by atoms with Gasteiger partial charge in [-0.1, -0.05) is 6.07 Å². The number of aromatic amines is 2. The third kappa shape index (κ3) is 1.93. The molecule has 6 heteroatoms. The van der Waals surface area contributed by atoms with Crippen LogP contribution in [0, 0.1) is 0 Å². The van der Waals surface area contributed by atoms with E-state index in [9.17, 15) is 0 Å². The summed E-state index contributed by atoms with van der Waals surface area (Å²) in [5.74, 6) is 0. The molecule has 0 radical (unpaired) electrons. The highest BCUT2D eigenvalue weighted by Gasteiger charge is 2.12. The minimum absolute atomic E-state index is 0.897. The van der Waals surface area contributed by atoms with Crippen molar-refractivity contribution < 1.29 is 0 Å². The third-order valence-electron chi connectivity index (χ3n) is 4.25. The Bertz CT molecular complexity index is 1140. The average molecular weight is 314 g/mol. The summed E-state index contributed by atoms with van der Waals surface area (Å²) in [6, 6.07) is 12.2. The van der Waals surface area contributed by atoms with Gasteiger partial charge in [-0.05, 0) is 35.9 Å². The van der Waals surface area contributed by atoms with Gasteiger partial charge in [0.1, 0.15) is 5.69 Å². The molecule has 1 aromatic carbocycles. The van der Waals surface area contributed by atoms with Gasteiger partial charge < -0.3 is 4.98 Å². The molecule has 0 saturated heterocycles. The summed E-state index contributed by atoms with van der Waals surface area (Å²) >= 11 is 0. The number of hydrogen-bond donors (Lipinski definition) is 2. The zero-order chi connectivity index (χ0) is 16.1. The molecule has 4 heterocycles. The van der Waals surface area contributed by atoms with E-state index in [1.807, 2.05) is 37.6 Å². The van der Waals surface area contributed by atoms with Crippen LogP contribution in [0.1, 0.15) is 0 Å². The number of nitrogens with zero attached hydrogens (tertiary/aromatic N) is 4. The summed E-state index contributed by atoms with van der Waals surface area (Å²) in [4.78, 5) is 7.77. The monoisotopic (exact) mass is 314 g/mol. The molecule has 0 amide bonds. The van der Waals surface area contributed by atoms with Crippen LogP contribution in [0.4, 0.5) is 0 Å². The van der Waals surface area contributed by atoms with Crippen molar-refractivity contribution >= 4 is 21.9 Å². The van der Waals surface area contributed by atoms with E-state index >= 15 is 0 Å². The maximum absolute atomic E-state index is 4.50. The molecule has 0 atom stereocenters. The van der Waals surface area contributed by atoms with Crippen molar-refractivity contribution in [2.24, 2.45) is 7.05 Å². The van der Waals surface area contributed by atoms with E-state index in [-0.39, 0.29) is 0 Å². The molecular weight excluding hydrogens is 300 g/mol. The van der Waals surface area contributed by atoms with Gasteiger partial charge >= 0.3 is 0 Å². The molecule has 5 rings (SSSR count). The molecule has 0 aliphatic rings. The van der Waals surface area contributed by atoms with E-state index in [2.05, 4.69) is 43.5 Å². The summed E-state index contributed by atoms with van der Waals surface area (Å²) in [6.07, 6.45) is 5.67. The third-order valence-corrected chi connectivity index (χ3v) is 4.25. The van der Waals surface area contributed by atoms with Gasteiger partial charge in [-0.15, -0.1) is 0 Å². The second-order valence-corrected chi connectivity index (χ2v) is 5.85. The Morgan fingerprint density at radius 2 is 2.00 bits per heavy atom. The predicted octanol–water partition coefficient (Wildman–Crippen LogP) is 3.51. The van der Waals surface area contributed by atoms with Gasteiger partial charge in [0.05, 0.1) is 28.4 Å².